The summed E-state index contributed by atoms with van der Waals surface area (Å²) in [7, 11) is 1.31. The van der Waals surface area contributed by atoms with E-state index in [-0.39, 0.29) is 11.6 Å². The number of anilines is 2. The normalized spacial score (nSPS) is 12.0. The van der Waals surface area contributed by atoms with Crippen LogP contribution < -0.4 is 11.1 Å². The molecule has 2 heterocycles. The summed E-state index contributed by atoms with van der Waals surface area (Å²) in [5.41, 5.74) is 8.08. The summed E-state index contributed by atoms with van der Waals surface area (Å²) in [6.07, 6.45) is 1.48. The molecule has 0 saturated heterocycles. The van der Waals surface area contributed by atoms with E-state index in [1.807, 2.05) is 20.8 Å². The van der Waals surface area contributed by atoms with Crippen molar-refractivity contribution in [2.24, 2.45) is 0 Å². The molecule has 1 unspecified atom stereocenters. The number of esters is 1. The van der Waals surface area contributed by atoms with Crippen LogP contribution in [0.3, 0.4) is 0 Å². The molecule has 0 aromatic carbocycles. The lowest BCUT2D eigenvalue weighted by Crippen LogP contribution is -2.14. The van der Waals surface area contributed by atoms with Gasteiger partial charge in [-0.1, -0.05) is 5.16 Å². The van der Waals surface area contributed by atoms with E-state index in [4.69, 9.17) is 15.0 Å². The van der Waals surface area contributed by atoms with Gasteiger partial charge in [0, 0.05) is 5.56 Å². The van der Waals surface area contributed by atoms with Crippen LogP contribution in [0.1, 0.15) is 40.3 Å². The average molecular weight is 290 g/mol. The number of carbonyl (C=O) groups excluding carboxylic acids is 1. The van der Waals surface area contributed by atoms with Gasteiger partial charge < -0.3 is 20.3 Å². The predicted molar refractivity (Wildman–Crippen MR) is 78.0 cm³/mol. The van der Waals surface area contributed by atoms with E-state index in [1.165, 1.54) is 19.4 Å². The number of aryl methyl sites for hydroxylation is 2. The maximum Gasteiger partial charge on any atom is 0.341 e. The Morgan fingerprint density at radius 2 is 2.19 bits per heavy atom. The largest absolute Gasteiger partial charge is 0.465 e. The number of ether oxygens (including phenoxy) is 1. The highest BCUT2D eigenvalue weighted by molar-refractivity contribution is 5.95. The van der Waals surface area contributed by atoms with Crippen molar-refractivity contribution in [3.63, 3.8) is 0 Å². The molecule has 0 saturated carbocycles. The van der Waals surface area contributed by atoms with Gasteiger partial charge in [0.1, 0.15) is 17.1 Å². The fourth-order valence-electron chi connectivity index (χ4n) is 2.25. The standard InChI is InChI=1S/C14H18N4O3/c1-7(12-8(2)18-21-9(12)3)17-13-11(14(19)20-4)5-10(15)6-16-13/h5-7H,15H2,1-4H3,(H,16,17). The average Bonchev–Trinajstić information content (AvgIpc) is 2.79. The summed E-state index contributed by atoms with van der Waals surface area (Å²) in [6.45, 7) is 5.64. The van der Waals surface area contributed by atoms with Crippen LogP contribution in [0.2, 0.25) is 0 Å². The van der Waals surface area contributed by atoms with Gasteiger partial charge in [0.15, 0.2) is 0 Å². The van der Waals surface area contributed by atoms with E-state index in [1.54, 1.807) is 0 Å². The van der Waals surface area contributed by atoms with Gasteiger partial charge in [-0.05, 0) is 26.8 Å². The first-order chi connectivity index (χ1) is 9.93. The molecule has 0 bridgehead atoms. The van der Waals surface area contributed by atoms with Crippen LogP contribution in [0.15, 0.2) is 16.8 Å². The Bertz CT molecular complexity index is 647. The molecule has 0 fully saturated rings. The van der Waals surface area contributed by atoms with Gasteiger partial charge in [-0.25, -0.2) is 9.78 Å². The number of methoxy groups -OCH3 is 1. The van der Waals surface area contributed by atoms with Crippen LogP contribution in [0.5, 0.6) is 0 Å². The number of nitrogen functional groups attached to an aromatic ring is 1. The quantitative estimate of drug-likeness (QED) is 0.832. The van der Waals surface area contributed by atoms with E-state index in [9.17, 15) is 4.79 Å². The van der Waals surface area contributed by atoms with Gasteiger partial charge in [0.25, 0.3) is 0 Å². The molecule has 2 rings (SSSR count). The fraction of sp³-hybridized carbons (Fsp3) is 0.357. The molecule has 0 aliphatic heterocycles. The molecular formula is C14H18N4O3. The lowest BCUT2D eigenvalue weighted by molar-refractivity contribution is 0.0601. The van der Waals surface area contributed by atoms with E-state index < -0.39 is 5.97 Å². The summed E-state index contributed by atoms with van der Waals surface area (Å²) in [5, 5.41) is 7.09. The molecule has 7 nitrogen and oxygen atoms in total. The topological polar surface area (TPSA) is 103 Å². The van der Waals surface area contributed by atoms with Crippen molar-refractivity contribution in [3.05, 3.63) is 34.8 Å². The van der Waals surface area contributed by atoms with Crippen molar-refractivity contribution < 1.29 is 14.1 Å². The highest BCUT2D eigenvalue weighted by atomic mass is 16.5. The second kappa shape index (κ2) is 5.82. The maximum absolute atomic E-state index is 11.8. The third kappa shape index (κ3) is 2.96. The Hall–Kier alpha value is -2.57. The van der Waals surface area contributed by atoms with Crippen molar-refractivity contribution in [1.29, 1.82) is 0 Å². The van der Waals surface area contributed by atoms with Crippen molar-refractivity contribution in [2.75, 3.05) is 18.2 Å². The van der Waals surface area contributed by atoms with E-state index in [2.05, 4.69) is 15.5 Å². The van der Waals surface area contributed by atoms with Gasteiger partial charge in [0.2, 0.25) is 0 Å². The maximum atomic E-state index is 11.8. The number of rotatable bonds is 4. The first-order valence-corrected chi connectivity index (χ1v) is 6.47. The minimum Gasteiger partial charge on any atom is -0.465 e. The number of nitrogens with zero attached hydrogens (tertiary/aromatic N) is 2. The van der Waals surface area contributed by atoms with Crippen LogP contribution in [0, 0.1) is 13.8 Å². The van der Waals surface area contributed by atoms with Crippen LogP contribution >= 0.6 is 0 Å². The molecule has 0 aliphatic rings. The highest BCUT2D eigenvalue weighted by Gasteiger charge is 2.20. The first kappa shape index (κ1) is 14.8. The van der Waals surface area contributed by atoms with Crippen LogP contribution in [0.25, 0.3) is 0 Å². The second-order valence-electron chi connectivity index (χ2n) is 4.76. The number of pyridine rings is 1. The summed E-state index contributed by atoms with van der Waals surface area (Å²) in [6, 6.07) is 1.40. The zero-order valence-corrected chi connectivity index (χ0v) is 12.4. The number of nitrogens with two attached hydrogens (primary N) is 1. The number of nitrogens with one attached hydrogen (secondary N) is 1. The van der Waals surface area contributed by atoms with Crippen molar-refractivity contribution in [1.82, 2.24) is 10.1 Å². The number of hydrogen-bond acceptors (Lipinski definition) is 7. The third-order valence-electron chi connectivity index (χ3n) is 3.19. The van der Waals surface area contributed by atoms with E-state index >= 15 is 0 Å². The number of carbonyl (C=O) groups is 1. The lowest BCUT2D eigenvalue weighted by Gasteiger charge is -2.16. The number of hydrogen-bond donors (Lipinski definition) is 2. The minimum atomic E-state index is -0.497. The molecule has 0 amide bonds. The Morgan fingerprint density at radius 1 is 1.48 bits per heavy atom. The van der Waals surface area contributed by atoms with E-state index in [0.717, 1.165) is 17.0 Å². The summed E-state index contributed by atoms with van der Waals surface area (Å²) in [5.74, 6) is 0.634. The molecule has 21 heavy (non-hydrogen) atoms. The molecule has 2 aromatic rings. The molecule has 3 N–H and O–H groups in total. The molecule has 2 aromatic heterocycles. The van der Waals surface area contributed by atoms with Gasteiger partial charge in [-0.15, -0.1) is 0 Å². The zero-order valence-electron chi connectivity index (χ0n) is 12.4. The summed E-state index contributed by atoms with van der Waals surface area (Å²) < 4.78 is 9.90. The van der Waals surface area contributed by atoms with Gasteiger partial charge in [-0.2, -0.15) is 0 Å². The monoisotopic (exact) mass is 290 g/mol. The lowest BCUT2D eigenvalue weighted by atomic mass is 10.1. The smallest absolute Gasteiger partial charge is 0.341 e. The van der Waals surface area contributed by atoms with Gasteiger partial charge in [-0.3, -0.25) is 0 Å². The number of aromatic nitrogens is 2. The Morgan fingerprint density at radius 3 is 2.76 bits per heavy atom. The fourth-order valence-corrected chi connectivity index (χ4v) is 2.25. The zero-order chi connectivity index (χ0) is 15.6. The predicted octanol–water partition coefficient (Wildman–Crippen LogP) is 2.23. The summed E-state index contributed by atoms with van der Waals surface area (Å²) in [4.78, 5) is 16.0. The first-order valence-electron chi connectivity index (χ1n) is 6.47. The molecule has 0 radical (unpaired) electrons. The highest BCUT2D eigenvalue weighted by Crippen LogP contribution is 2.26. The van der Waals surface area contributed by atoms with Crippen LogP contribution in [0.4, 0.5) is 11.5 Å². The second-order valence-corrected chi connectivity index (χ2v) is 4.76. The van der Waals surface area contributed by atoms with Crippen molar-refractivity contribution in [3.8, 4) is 0 Å². The molecule has 0 aliphatic carbocycles. The molecule has 7 heteroatoms. The molecule has 1 atom stereocenters. The minimum absolute atomic E-state index is 0.129. The SMILES string of the molecule is COC(=O)c1cc(N)cnc1NC(C)c1c(C)noc1C. The Kier molecular flexibility index (Phi) is 4.11. The van der Waals surface area contributed by atoms with Crippen molar-refractivity contribution in [2.45, 2.75) is 26.8 Å². The third-order valence-corrected chi connectivity index (χ3v) is 3.19. The van der Waals surface area contributed by atoms with Crippen molar-refractivity contribution >= 4 is 17.5 Å². The Labute approximate surface area is 122 Å². The van der Waals surface area contributed by atoms with Gasteiger partial charge in [0.05, 0.1) is 30.7 Å². The summed E-state index contributed by atoms with van der Waals surface area (Å²) >= 11 is 0. The van der Waals surface area contributed by atoms with Gasteiger partial charge >= 0.3 is 5.97 Å². The van der Waals surface area contributed by atoms with Crippen LogP contribution in [-0.4, -0.2) is 23.2 Å². The molecule has 0 spiro atoms. The van der Waals surface area contributed by atoms with Crippen LogP contribution in [-0.2, 0) is 4.74 Å². The molecule has 112 valence electrons. The molecular weight excluding hydrogens is 272 g/mol. The Balaban J connectivity index is 2.33. The van der Waals surface area contributed by atoms with E-state index in [0.29, 0.717) is 11.5 Å².